The van der Waals surface area contributed by atoms with Crippen molar-refractivity contribution in [3.05, 3.63) is 51.6 Å². The first kappa shape index (κ1) is 18.2. The number of rotatable bonds is 2. The molecule has 7 nitrogen and oxygen atoms in total. The minimum Gasteiger partial charge on any atom is -0.342 e. The Morgan fingerprint density at radius 2 is 1.89 bits per heavy atom. The van der Waals surface area contributed by atoms with Crippen molar-refractivity contribution in [2.75, 3.05) is 23.3 Å². The Hall–Kier alpha value is -3.21. The number of hydrogen-bond acceptors (Lipinski definition) is 5. The van der Waals surface area contributed by atoms with Crippen molar-refractivity contribution in [2.24, 2.45) is 11.8 Å². The fourth-order valence-electron chi connectivity index (χ4n) is 3.90. The maximum absolute atomic E-state index is 13.3. The van der Waals surface area contributed by atoms with Crippen LogP contribution >= 0.6 is 0 Å². The van der Waals surface area contributed by atoms with Crippen LogP contribution in [0.1, 0.15) is 36.8 Å². The monoisotopic (exact) mass is 381 g/mol. The predicted octanol–water partition coefficient (Wildman–Crippen LogP) is 2.37. The van der Waals surface area contributed by atoms with Gasteiger partial charge in [0.2, 0.25) is 11.9 Å². The number of fused-ring (bicyclic) bond motifs is 1. The number of H-pyrrole nitrogens is 1. The van der Waals surface area contributed by atoms with Gasteiger partial charge in [-0.2, -0.15) is 10.2 Å². The molecule has 2 aliphatic heterocycles. The summed E-state index contributed by atoms with van der Waals surface area (Å²) in [6.45, 7) is 3.74. The molecule has 2 aromatic rings. The number of benzene rings is 1. The Kier molecular flexibility index (Phi) is 4.59. The predicted molar refractivity (Wildman–Crippen MR) is 101 cm³/mol. The number of piperidine rings is 1. The quantitative estimate of drug-likeness (QED) is 0.832. The molecule has 0 saturated carbocycles. The van der Waals surface area contributed by atoms with Gasteiger partial charge >= 0.3 is 0 Å². The molecule has 8 heteroatoms. The average Bonchev–Trinajstić information content (AvgIpc) is 2.68. The van der Waals surface area contributed by atoms with Crippen molar-refractivity contribution in [2.45, 2.75) is 25.7 Å². The Labute approximate surface area is 161 Å². The fraction of sp³-hybridized carbons (Fsp3) is 0.400. The summed E-state index contributed by atoms with van der Waals surface area (Å²) < 4.78 is 13.3. The standard InChI is InChI=1S/C20H20FN5O2/c1-11-6-8-26(9-7-11)20-24-17-16(19(28)25-20)15(14(10-22)18(27)23-17)12-2-4-13(21)5-3-12/h2-5,11,14-15H,6-9H2,1H3,(H2,23,24,25,27,28)/t14-,15+/m0/s1. The van der Waals surface area contributed by atoms with E-state index >= 15 is 0 Å². The molecular formula is C20H20FN5O2. The second-order valence-corrected chi connectivity index (χ2v) is 7.45. The lowest BCUT2D eigenvalue weighted by atomic mass is 9.79. The SMILES string of the molecule is CC1CCN(c2nc3c(c(=O)[nH]2)[C@H](c2ccc(F)cc2)[C@H](C#N)C(=O)N3)CC1. The Morgan fingerprint density at radius 1 is 1.21 bits per heavy atom. The molecule has 0 radical (unpaired) electrons. The second-order valence-electron chi connectivity index (χ2n) is 7.45. The molecule has 1 fully saturated rings. The number of halogens is 1. The third-order valence-electron chi connectivity index (χ3n) is 5.56. The number of amides is 1. The largest absolute Gasteiger partial charge is 0.342 e. The maximum atomic E-state index is 13.3. The maximum Gasteiger partial charge on any atom is 0.258 e. The van der Waals surface area contributed by atoms with Crippen LogP contribution in [0.4, 0.5) is 16.2 Å². The smallest absolute Gasteiger partial charge is 0.258 e. The van der Waals surface area contributed by atoms with Gasteiger partial charge in [0.25, 0.3) is 5.56 Å². The van der Waals surface area contributed by atoms with Gasteiger partial charge in [-0.15, -0.1) is 0 Å². The van der Waals surface area contributed by atoms with Gasteiger partial charge in [0, 0.05) is 19.0 Å². The zero-order chi connectivity index (χ0) is 19.8. The molecule has 2 atom stereocenters. The van der Waals surface area contributed by atoms with Crippen LogP contribution in [-0.4, -0.2) is 29.0 Å². The molecule has 0 unspecified atom stereocenters. The van der Waals surface area contributed by atoms with Crippen LogP contribution in [0.2, 0.25) is 0 Å². The first-order valence-corrected chi connectivity index (χ1v) is 9.33. The molecule has 1 amide bonds. The van der Waals surface area contributed by atoms with Crippen LogP contribution in [0, 0.1) is 29.0 Å². The van der Waals surface area contributed by atoms with Crippen LogP contribution in [0.25, 0.3) is 0 Å². The van der Waals surface area contributed by atoms with E-state index in [-0.39, 0.29) is 11.4 Å². The van der Waals surface area contributed by atoms with Crippen LogP contribution in [-0.2, 0) is 4.79 Å². The van der Waals surface area contributed by atoms with Crippen LogP contribution in [0.15, 0.2) is 29.1 Å². The number of nitrogens with zero attached hydrogens (tertiary/aromatic N) is 3. The Morgan fingerprint density at radius 3 is 2.54 bits per heavy atom. The van der Waals surface area contributed by atoms with E-state index in [1.165, 1.54) is 24.3 Å². The van der Waals surface area contributed by atoms with E-state index < -0.39 is 29.1 Å². The summed E-state index contributed by atoms with van der Waals surface area (Å²) >= 11 is 0. The number of carbonyl (C=O) groups is 1. The zero-order valence-electron chi connectivity index (χ0n) is 15.4. The van der Waals surface area contributed by atoms with Crippen molar-refractivity contribution in [3.63, 3.8) is 0 Å². The summed E-state index contributed by atoms with van der Waals surface area (Å²) in [7, 11) is 0. The lowest BCUT2D eigenvalue weighted by Crippen LogP contribution is -2.40. The normalized spacial score (nSPS) is 22.3. The molecule has 28 heavy (non-hydrogen) atoms. The molecule has 1 aromatic carbocycles. The number of hydrogen-bond donors (Lipinski definition) is 2. The van der Waals surface area contributed by atoms with E-state index in [0.717, 1.165) is 25.9 Å². The van der Waals surface area contributed by atoms with Crippen molar-refractivity contribution in [1.29, 1.82) is 5.26 Å². The third-order valence-corrected chi connectivity index (χ3v) is 5.56. The Bertz CT molecular complexity index is 1000. The molecule has 0 spiro atoms. The molecule has 2 N–H and O–H groups in total. The third kappa shape index (κ3) is 3.13. The van der Waals surface area contributed by atoms with Gasteiger partial charge in [-0.3, -0.25) is 14.6 Å². The number of aromatic nitrogens is 2. The van der Waals surface area contributed by atoms with E-state index in [4.69, 9.17) is 0 Å². The fourth-order valence-corrected chi connectivity index (χ4v) is 3.90. The number of carbonyl (C=O) groups excluding carboxylic acids is 1. The van der Waals surface area contributed by atoms with E-state index in [1.807, 2.05) is 11.0 Å². The lowest BCUT2D eigenvalue weighted by Gasteiger charge is -2.33. The molecule has 3 heterocycles. The van der Waals surface area contributed by atoms with Crippen molar-refractivity contribution >= 4 is 17.7 Å². The van der Waals surface area contributed by atoms with Crippen LogP contribution < -0.4 is 15.8 Å². The molecule has 144 valence electrons. The molecule has 0 bridgehead atoms. The minimum atomic E-state index is -1.09. The zero-order valence-corrected chi connectivity index (χ0v) is 15.4. The first-order valence-electron chi connectivity index (χ1n) is 9.33. The van der Waals surface area contributed by atoms with Gasteiger partial charge in [-0.05, 0) is 36.5 Å². The second kappa shape index (κ2) is 7.08. The highest BCUT2D eigenvalue weighted by Crippen LogP contribution is 2.38. The molecule has 1 saturated heterocycles. The van der Waals surface area contributed by atoms with Crippen molar-refractivity contribution in [1.82, 2.24) is 9.97 Å². The van der Waals surface area contributed by atoms with Crippen molar-refractivity contribution < 1.29 is 9.18 Å². The summed E-state index contributed by atoms with van der Waals surface area (Å²) in [5, 5.41) is 12.1. The molecule has 4 rings (SSSR count). The van der Waals surface area contributed by atoms with E-state index in [0.29, 0.717) is 17.4 Å². The number of nitrogens with one attached hydrogen (secondary N) is 2. The van der Waals surface area contributed by atoms with E-state index in [1.54, 1.807) is 0 Å². The van der Waals surface area contributed by atoms with Gasteiger partial charge in [0.15, 0.2) is 0 Å². The molecular weight excluding hydrogens is 361 g/mol. The van der Waals surface area contributed by atoms with E-state index in [9.17, 15) is 19.2 Å². The summed E-state index contributed by atoms with van der Waals surface area (Å²) in [6, 6.07) is 7.46. The highest BCUT2D eigenvalue weighted by atomic mass is 19.1. The molecule has 2 aliphatic rings. The summed E-state index contributed by atoms with van der Waals surface area (Å²) in [6.07, 6.45) is 2.00. The van der Waals surface area contributed by atoms with Gasteiger partial charge < -0.3 is 10.2 Å². The van der Waals surface area contributed by atoms with E-state index in [2.05, 4.69) is 22.2 Å². The molecule has 0 aliphatic carbocycles. The van der Waals surface area contributed by atoms with Gasteiger partial charge in [0.05, 0.1) is 11.6 Å². The minimum absolute atomic E-state index is 0.170. The summed E-state index contributed by atoms with van der Waals surface area (Å²) in [5.74, 6) is -1.63. The van der Waals surface area contributed by atoms with Crippen LogP contribution in [0.3, 0.4) is 0 Å². The highest BCUT2D eigenvalue weighted by molar-refractivity contribution is 5.97. The van der Waals surface area contributed by atoms with Crippen molar-refractivity contribution in [3.8, 4) is 6.07 Å². The lowest BCUT2D eigenvalue weighted by molar-refractivity contribution is -0.119. The topological polar surface area (TPSA) is 102 Å². The first-order chi connectivity index (χ1) is 13.5. The average molecular weight is 381 g/mol. The summed E-state index contributed by atoms with van der Waals surface area (Å²) in [5.41, 5.74) is 0.357. The number of anilines is 2. The number of aromatic amines is 1. The van der Waals surface area contributed by atoms with Gasteiger partial charge in [0.1, 0.15) is 17.6 Å². The summed E-state index contributed by atoms with van der Waals surface area (Å²) in [4.78, 5) is 34.8. The Balaban J connectivity index is 1.80. The van der Waals surface area contributed by atoms with Gasteiger partial charge in [-0.1, -0.05) is 19.1 Å². The van der Waals surface area contributed by atoms with Gasteiger partial charge in [-0.25, -0.2) is 4.39 Å². The highest BCUT2D eigenvalue weighted by Gasteiger charge is 2.40. The van der Waals surface area contributed by atoms with Crippen LogP contribution in [0.5, 0.6) is 0 Å². The molecule has 1 aromatic heterocycles. The number of nitriles is 1.